The van der Waals surface area contributed by atoms with Crippen molar-refractivity contribution in [3.8, 4) is 0 Å². The Morgan fingerprint density at radius 1 is 1.24 bits per heavy atom. The summed E-state index contributed by atoms with van der Waals surface area (Å²) in [6.07, 6.45) is -4.63. The summed E-state index contributed by atoms with van der Waals surface area (Å²) in [7, 11) is -3.08. The van der Waals surface area contributed by atoms with Crippen molar-refractivity contribution in [2.24, 2.45) is 0 Å². The zero-order chi connectivity index (χ0) is 13.5. The number of rotatable bonds is 8. The summed E-state index contributed by atoms with van der Waals surface area (Å²) < 4.78 is 59.0. The van der Waals surface area contributed by atoms with Crippen molar-refractivity contribution in [3.05, 3.63) is 0 Å². The Bertz CT molecular complexity index is 301. The molecule has 1 unspecified atom stereocenters. The molecule has 0 rings (SSSR count). The molecular weight excluding hydrogens is 255 g/mol. The fourth-order valence-electron chi connectivity index (χ4n) is 1.54. The molecule has 0 aliphatic carbocycles. The molecule has 0 radical (unpaired) electrons. The minimum Gasteiger partial charge on any atom is -0.314 e. The predicted octanol–water partition coefficient (Wildman–Crippen LogP) is 2.13. The van der Waals surface area contributed by atoms with E-state index in [9.17, 15) is 21.6 Å². The zero-order valence-electron chi connectivity index (χ0n) is 10.2. The normalized spacial score (nSPS) is 14.9. The number of halogens is 3. The number of hydrogen-bond acceptors (Lipinski definition) is 3. The summed E-state index contributed by atoms with van der Waals surface area (Å²) in [6, 6.07) is -0.688. The first-order valence-electron chi connectivity index (χ1n) is 5.70. The van der Waals surface area contributed by atoms with E-state index in [0.29, 0.717) is 6.54 Å². The van der Waals surface area contributed by atoms with Gasteiger partial charge in [0.25, 0.3) is 0 Å². The highest BCUT2D eigenvalue weighted by atomic mass is 32.2. The van der Waals surface area contributed by atoms with Crippen molar-refractivity contribution in [1.82, 2.24) is 5.32 Å². The largest absolute Gasteiger partial charge is 0.390 e. The van der Waals surface area contributed by atoms with Gasteiger partial charge in [-0.25, -0.2) is 8.42 Å². The van der Waals surface area contributed by atoms with Gasteiger partial charge in [-0.05, 0) is 19.4 Å². The van der Waals surface area contributed by atoms with Gasteiger partial charge in [-0.1, -0.05) is 13.8 Å². The minimum absolute atomic E-state index is 0.0384. The molecule has 3 nitrogen and oxygen atoms in total. The Morgan fingerprint density at radius 2 is 1.82 bits per heavy atom. The van der Waals surface area contributed by atoms with Crippen LogP contribution < -0.4 is 5.32 Å². The topological polar surface area (TPSA) is 46.2 Å². The summed E-state index contributed by atoms with van der Waals surface area (Å²) in [4.78, 5) is 0. The molecule has 0 aliphatic rings. The smallest absolute Gasteiger partial charge is 0.314 e. The summed E-state index contributed by atoms with van der Waals surface area (Å²) in [5.41, 5.74) is 0. The Kier molecular flexibility index (Phi) is 7.08. The number of nitrogens with one attached hydrogen (secondary N) is 1. The Balaban J connectivity index is 4.10. The number of hydrogen-bond donors (Lipinski definition) is 1. The third-order valence-corrected chi connectivity index (χ3v) is 4.21. The van der Waals surface area contributed by atoms with E-state index in [2.05, 4.69) is 5.32 Å². The Hall–Kier alpha value is -0.300. The van der Waals surface area contributed by atoms with Crippen LogP contribution in [0.1, 0.15) is 33.1 Å². The maximum Gasteiger partial charge on any atom is 0.390 e. The molecule has 0 heterocycles. The number of alkyl halides is 3. The van der Waals surface area contributed by atoms with Gasteiger partial charge in [0, 0.05) is 11.8 Å². The highest BCUT2D eigenvalue weighted by molar-refractivity contribution is 7.91. The third-order valence-electron chi connectivity index (χ3n) is 2.42. The van der Waals surface area contributed by atoms with Gasteiger partial charge in [-0.3, -0.25) is 0 Å². The van der Waals surface area contributed by atoms with E-state index in [1.54, 1.807) is 6.92 Å². The lowest BCUT2D eigenvalue weighted by Gasteiger charge is -2.19. The molecule has 7 heteroatoms. The minimum atomic E-state index is -4.21. The van der Waals surface area contributed by atoms with Gasteiger partial charge >= 0.3 is 6.18 Å². The van der Waals surface area contributed by atoms with Crippen LogP contribution in [0.4, 0.5) is 13.2 Å². The van der Waals surface area contributed by atoms with Gasteiger partial charge in [-0.2, -0.15) is 13.2 Å². The highest BCUT2D eigenvalue weighted by Gasteiger charge is 2.31. The lowest BCUT2D eigenvalue weighted by Crippen LogP contribution is -2.34. The molecule has 0 aromatic heterocycles. The fraction of sp³-hybridized carbons (Fsp3) is 1.00. The average molecular weight is 275 g/mol. The third kappa shape index (κ3) is 9.41. The molecule has 0 amide bonds. The van der Waals surface area contributed by atoms with E-state index < -0.39 is 28.5 Å². The molecule has 0 aromatic carbocycles. The van der Waals surface area contributed by atoms with Gasteiger partial charge in [0.2, 0.25) is 0 Å². The first-order valence-corrected chi connectivity index (χ1v) is 7.53. The molecule has 1 N–H and O–H groups in total. The standard InChI is InChI=1S/C10H20F3NO2S/c1-3-14-9(8-10(11,12)13)6-5-7-17(15,16)4-2/h9,14H,3-8H2,1-2H3. The second-order valence-corrected chi connectivity index (χ2v) is 6.43. The predicted molar refractivity (Wildman–Crippen MR) is 61.7 cm³/mol. The van der Waals surface area contributed by atoms with Gasteiger partial charge in [0.05, 0.1) is 12.2 Å². The maximum atomic E-state index is 12.2. The molecule has 0 bridgehead atoms. The Morgan fingerprint density at radius 3 is 2.24 bits per heavy atom. The lowest BCUT2D eigenvalue weighted by molar-refractivity contribution is -0.140. The first-order chi connectivity index (χ1) is 7.70. The summed E-state index contributed by atoms with van der Waals surface area (Å²) in [5.74, 6) is 0.00138. The monoisotopic (exact) mass is 275 g/mol. The molecule has 104 valence electrons. The lowest BCUT2D eigenvalue weighted by atomic mass is 10.1. The van der Waals surface area contributed by atoms with Crippen molar-refractivity contribution in [2.45, 2.75) is 45.3 Å². The fourth-order valence-corrected chi connectivity index (χ4v) is 2.43. The van der Waals surface area contributed by atoms with Crippen LogP contribution in [0, 0.1) is 0 Å². The molecule has 0 aromatic rings. The van der Waals surface area contributed by atoms with Crippen LogP contribution >= 0.6 is 0 Å². The van der Waals surface area contributed by atoms with E-state index in [1.807, 2.05) is 0 Å². The van der Waals surface area contributed by atoms with Crippen molar-refractivity contribution in [2.75, 3.05) is 18.1 Å². The second-order valence-electron chi connectivity index (χ2n) is 3.95. The van der Waals surface area contributed by atoms with Crippen molar-refractivity contribution < 1.29 is 21.6 Å². The van der Waals surface area contributed by atoms with E-state index in [1.165, 1.54) is 6.92 Å². The zero-order valence-corrected chi connectivity index (χ0v) is 11.0. The molecule has 17 heavy (non-hydrogen) atoms. The van der Waals surface area contributed by atoms with E-state index in [0.717, 1.165) is 0 Å². The van der Waals surface area contributed by atoms with Crippen LogP contribution in [0.5, 0.6) is 0 Å². The van der Waals surface area contributed by atoms with Crippen LogP contribution in [0.15, 0.2) is 0 Å². The van der Waals surface area contributed by atoms with Crippen LogP contribution in [0.3, 0.4) is 0 Å². The van der Waals surface area contributed by atoms with Crippen molar-refractivity contribution >= 4 is 9.84 Å². The highest BCUT2D eigenvalue weighted by Crippen LogP contribution is 2.23. The average Bonchev–Trinajstić information content (AvgIpc) is 2.15. The quantitative estimate of drug-likeness (QED) is 0.738. The molecule has 0 fully saturated rings. The summed E-state index contributed by atoms with van der Waals surface area (Å²) >= 11 is 0. The second kappa shape index (κ2) is 7.20. The van der Waals surface area contributed by atoms with E-state index >= 15 is 0 Å². The Labute approximate surface area is 101 Å². The van der Waals surface area contributed by atoms with Crippen LogP contribution in [0.2, 0.25) is 0 Å². The van der Waals surface area contributed by atoms with Crippen LogP contribution in [-0.2, 0) is 9.84 Å². The molecular formula is C10H20F3NO2S. The molecule has 0 saturated carbocycles. The molecule has 0 saturated heterocycles. The van der Waals surface area contributed by atoms with Gasteiger partial charge in [-0.15, -0.1) is 0 Å². The van der Waals surface area contributed by atoms with E-state index in [-0.39, 0.29) is 24.3 Å². The molecule has 0 spiro atoms. The SMILES string of the molecule is CCNC(CCCS(=O)(=O)CC)CC(F)(F)F. The van der Waals surface area contributed by atoms with Crippen molar-refractivity contribution in [3.63, 3.8) is 0 Å². The van der Waals surface area contributed by atoms with Gasteiger partial charge < -0.3 is 5.32 Å². The first kappa shape index (κ1) is 16.7. The summed E-state index contributed by atoms with van der Waals surface area (Å²) in [6.45, 7) is 3.71. The van der Waals surface area contributed by atoms with Crippen LogP contribution in [0.25, 0.3) is 0 Å². The van der Waals surface area contributed by atoms with Crippen LogP contribution in [-0.4, -0.2) is 38.7 Å². The van der Waals surface area contributed by atoms with Crippen molar-refractivity contribution in [1.29, 1.82) is 0 Å². The molecule has 1 atom stereocenters. The van der Waals surface area contributed by atoms with Gasteiger partial charge in [0.1, 0.15) is 9.84 Å². The molecule has 0 aliphatic heterocycles. The summed E-state index contributed by atoms with van der Waals surface area (Å²) in [5, 5.41) is 2.73. The maximum absolute atomic E-state index is 12.2. The van der Waals surface area contributed by atoms with Gasteiger partial charge in [0.15, 0.2) is 0 Å². The van der Waals surface area contributed by atoms with E-state index in [4.69, 9.17) is 0 Å². The number of sulfone groups is 1.